The first kappa shape index (κ1) is 13.0. The molecule has 1 aliphatic rings. The number of fused-ring (bicyclic) bond motifs is 1. The fourth-order valence-corrected chi connectivity index (χ4v) is 2.79. The van der Waals surface area contributed by atoms with Gasteiger partial charge in [0.15, 0.2) is 5.82 Å². The van der Waals surface area contributed by atoms with Gasteiger partial charge < -0.3 is 11.1 Å². The Kier molecular flexibility index (Phi) is 3.60. The van der Waals surface area contributed by atoms with Gasteiger partial charge in [-0.25, -0.2) is 9.97 Å². The molecule has 0 aliphatic heterocycles. The molecule has 1 heterocycles. The van der Waals surface area contributed by atoms with Crippen LogP contribution in [-0.4, -0.2) is 15.0 Å². The van der Waals surface area contributed by atoms with Crippen LogP contribution in [0.5, 0.6) is 0 Å². The summed E-state index contributed by atoms with van der Waals surface area (Å²) in [5, 5.41) is 3.34. The zero-order valence-corrected chi connectivity index (χ0v) is 11.9. The van der Waals surface area contributed by atoms with E-state index in [1.807, 2.05) is 0 Å². The van der Waals surface area contributed by atoms with Crippen LogP contribution in [0.3, 0.4) is 0 Å². The van der Waals surface area contributed by atoms with E-state index in [0.29, 0.717) is 11.5 Å². The molecule has 5 heteroatoms. The molecule has 3 rings (SSSR count). The molecule has 1 aromatic carbocycles. The molecule has 1 aromatic heterocycles. The minimum Gasteiger partial charge on any atom is -0.388 e. The molecule has 0 fully saturated rings. The van der Waals surface area contributed by atoms with Crippen LogP contribution in [0.15, 0.2) is 30.6 Å². The Morgan fingerprint density at radius 3 is 2.80 bits per heavy atom. The topological polar surface area (TPSA) is 63.8 Å². The van der Waals surface area contributed by atoms with Gasteiger partial charge in [-0.05, 0) is 42.9 Å². The van der Waals surface area contributed by atoms with E-state index in [0.717, 1.165) is 18.5 Å². The van der Waals surface area contributed by atoms with Crippen LogP contribution in [0.4, 0.5) is 11.5 Å². The summed E-state index contributed by atoms with van der Waals surface area (Å²) < 4.78 is 0. The molecule has 1 aliphatic carbocycles. The molecule has 0 atom stereocenters. The summed E-state index contributed by atoms with van der Waals surface area (Å²) in [5.74, 6) is 0.624. The number of aromatic nitrogens is 2. The van der Waals surface area contributed by atoms with Crippen molar-refractivity contribution >= 4 is 28.7 Å². The minimum atomic E-state index is 0.255. The molecule has 102 valence electrons. The third-order valence-corrected chi connectivity index (χ3v) is 3.77. The maximum Gasteiger partial charge on any atom is 0.159 e. The van der Waals surface area contributed by atoms with E-state index < -0.39 is 0 Å². The number of anilines is 2. The lowest BCUT2D eigenvalue weighted by molar-refractivity contribution is 0.687. The van der Waals surface area contributed by atoms with Gasteiger partial charge >= 0.3 is 0 Å². The highest BCUT2D eigenvalue weighted by Gasteiger charge is 2.15. The van der Waals surface area contributed by atoms with Crippen LogP contribution < -0.4 is 11.1 Å². The van der Waals surface area contributed by atoms with Crippen molar-refractivity contribution in [3.05, 3.63) is 47.4 Å². The number of nitrogens with zero attached hydrogens (tertiary/aromatic N) is 2. The van der Waals surface area contributed by atoms with Crippen molar-refractivity contribution in [2.45, 2.75) is 25.7 Å². The van der Waals surface area contributed by atoms with Gasteiger partial charge in [-0.2, -0.15) is 0 Å². The molecule has 2 aromatic rings. The second kappa shape index (κ2) is 5.54. The molecule has 0 radical (unpaired) electrons. The van der Waals surface area contributed by atoms with E-state index in [1.54, 1.807) is 12.4 Å². The predicted octanol–water partition coefficient (Wildman–Crippen LogP) is 2.73. The van der Waals surface area contributed by atoms with Gasteiger partial charge in [0.1, 0.15) is 10.7 Å². The van der Waals surface area contributed by atoms with E-state index in [4.69, 9.17) is 18.0 Å². The van der Waals surface area contributed by atoms with Gasteiger partial charge in [-0.1, -0.05) is 24.4 Å². The average Bonchev–Trinajstić information content (AvgIpc) is 2.48. The number of rotatable bonds is 3. The van der Waals surface area contributed by atoms with Crippen molar-refractivity contribution in [3.8, 4) is 0 Å². The number of hydrogen-bond acceptors (Lipinski definition) is 4. The largest absolute Gasteiger partial charge is 0.388 e. The first-order valence-electron chi connectivity index (χ1n) is 6.74. The quantitative estimate of drug-likeness (QED) is 0.849. The maximum atomic E-state index is 5.69. The van der Waals surface area contributed by atoms with Crippen molar-refractivity contribution in [3.63, 3.8) is 0 Å². The summed E-state index contributed by atoms with van der Waals surface area (Å²) in [4.78, 5) is 8.75. The standard InChI is InChI=1S/C15H16N4S/c16-14(20)13-15(18-9-8-17-13)19-12-7-3-5-10-4-1-2-6-11(10)12/h3,5,7-9H,1-2,4,6H2,(H2,16,20)(H,18,19). The highest BCUT2D eigenvalue weighted by Crippen LogP contribution is 2.29. The summed E-state index contributed by atoms with van der Waals surface area (Å²) in [7, 11) is 0. The third-order valence-electron chi connectivity index (χ3n) is 3.58. The van der Waals surface area contributed by atoms with Gasteiger partial charge in [0.05, 0.1) is 0 Å². The van der Waals surface area contributed by atoms with Crippen LogP contribution in [0.25, 0.3) is 0 Å². The Labute approximate surface area is 123 Å². The number of aryl methyl sites for hydroxylation is 1. The van der Waals surface area contributed by atoms with Crippen molar-refractivity contribution in [1.82, 2.24) is 9.97 Å². The highest BCUT2D eigenvalue weighted by molar-refractivity contribution is 7.80. The molecule has 0 unspecified atom stereocenters. The zero-order chi connectivity index (χ0) is 13.9. The fourth-order valence-electron chi connectivity index (χ4n) is 2.64. The smallest absolute Gasteiger partial charge is 0.159 e. The Hall–Kier alpha value is -2.01. The molecule has 0 saturated heterocycles. The molecular formula is C15H16N4S. The Morgan fingerprint density at radius 1 is 1.15 bits per heavy atom. The van der Waals surface area contributed by atoms with E-state index in [2.05, 4.69) is 33.5 Å². The molecule has 4 nitrogen and oxygen atoms in total. The van der Waals surface area contributed by atoms with E-state index in [1.165, 1.54) is 24.0 Å². The number of benzene rings is 1. The molecule has 0 amide bonds. The van der Waals surface area contributed by atoms with E-state index >= 15 is 0 Å². The van der Waals surface area contributed by atoms with Crippen LogP contribution in [0, 0.1) is 0 Å². The van der Waals surface area contributed by atoms with Crippen molar-refractivity contribution in [2.75, 3.05) is 5.32 Å². The number of hydrogen-bond donors (Lipinski definition) is 2. The Balaban J connectivity index is 1.98. The van der Waals surface area contributed by atoms with Crippen molar-refractivity contribution in [2.24, 2.45) is 5.73 Å². The van der Waals surface area contributed by atoms with Crippen molar-refractivity contribution in [1.29, 1.82) is 0 Å². The van der Waals surface area contributed by atoms with Crippen LogP contribution in [0.2, 0.25) is 0 Å². The molecular weight excluding hydrogens is 268 g/mol. The SMILES string of the molecule is NC(=S)c1nccnc1Nc1cccc2c1CCCC2. The molecule has 0 spiro atoms. The predicted molar refractivity (Wildman–Crippen MR) is 84.3 cm³/mol. The summed E-state index contributed by atoms with van der Waals surface area (Å²) in [6.07, 6.45) is 7.97. The van der Waals surface area contributed by atoms with Crippen LogP contribution in [-0.2, 0) is 12.8 Å². The maximum absolute atomic E-state index is 5.69. The van der Waals surface area contributed by atoms with Gasteiger partial charge in [0, 0.05) is 18.1 Å². The number of nitrogens with one attached hydrogen (secondary N) is 1. The van der Waals surface area contributed by atoms with E-state index in [-0.39, 0.29) is 4.99 Å². The molecule has 3 N–H and O–H groups in total. The average molecular weight is 284 g/mol. The fraction of sp³-hybridized carbons (Fsp3) is 0.267. The van der Waals surface area contributed by atoms with Crippen LogP contribution >= 0.6 is 12.2 Å². The Bertz CT molecular complexity index is 654. The molecule has 0 saturated carbocycles. The Morgan fingerprint density at radius 2 is 1.95 bits per heavy atom. The zero-order valence-electron chi connectivity index (χ0n) is 11.1. The van der Waals surface area contributed by atoms with Gasteiger partial charge in [0.25, 0.3) is 0 Å². The summed E-state index contributed by atoms with van der Waals surface area (Å²) in [6, 6.07) is 6.34. The monoisotopic (exact) mass is 284 g/mol. The number of thiocarbonyl (C=S) groups is 1. The third kappa shape index (κ3) is 2.49. The summed E-state index contributed by atoms with van der Waals surface area (Å²) in [5.41, 5.74) is 10.1. The van der Waals surface area contributed by atoms with Crippen molar-refractivity contribution < 1.29 is 0 Å². The van der Waals surface area contributed by atoms with Gasteiger partial charge in [-0.15, -0.1) is 0 Å². The van der Waals surface area contributed by atoms with Gasteiger partial charge in [-0.3, -0.25) is 0 Å². The highest BCUT2D eigenvalue weighted by atomic mass is 32.1. The number of nitrogens with two attached hydrogens (primary N) is 1. The summed E-state index contributed by atoms with van der Waals surface area (Å²) in [6.45, 7) is 0. The van der Waals surface area contributed by atoms with E-state index in [9.17, 15) is 0 Å². The lowest BCUT2D eigenvalue weighted by Gasteiger charge is -2.20. The van der Waals surface area contributed by atoms with Crippen LogP contribution in [0.1, 0.15) is 29.7 Å². The lowest BCUT2D eigenvalue weighted by atomic mass is 9.90. The first-order valence-corrected chi connectivity index (χ1v) is 7.15. The normalized spacial score (nSPS) is 13.6. The lowest BCUT2D eigenvalue weighted by Crippen LogP contribution is -2.15. The second-order valence-electron chi connectivity index (χ2n) is 4.89. The van der Waals surface area contributed by atoms with Gasteiger partial charge in [0.2, 0.25) is 0 Å². The minimum absolute atomic E-state index is 0.255. The summed E-state index contributed by atoms with van der Waals surface area (Å²) >= 11 is 5.02. The first-order chi connectivity index (χ1) is 9.75. The molecule has 0 bridgehead atoms. The molecule has 20 heavy (non-hydrogen) atoms. The second-order valence-corrected chi connectivity index (χ2v) is 5.33.